The summed E-state index contributed by atoms with van der Waals surface area (Å²) in [5.41, 5.74) is 1.91. The summed E-state index contributed by atoms with van der Waals surface area (Å²) in [7, 11) is 0. The van der Waals surface area contributed by atoms with Crippen LogP contribution in [0.4, 0.5) is 0 Å². The molecule has 0 bridgehead atoms. The van der Waals surface area contributed by atoms with Crippen LogP contribution < -0.4 is 0 Å². The number of hydrogen-bond donors (Lipinski definition) is 1. The Morgan fingerprint density at radius 1 is 1.57 bits per heavy atom. The van der Waals surface area contributed by atoms with E-state index in [9.17, 15) is 0 Å². The van der Waals surface area contributed by atoms with Crippen molar-refractivity contribution in [1.82, 2.24) is 0 Å². The smallest absolute Gasteiger partial charge is 0.0456 e. The van der Waals surface area contributed by atoms with Gasteiger partial charge in [0, 0.05) is 6.61 Å². The van der Waals surface area contributed by atoms with E-state index < -0.39 is 0 Å². The fourth-order valence-electron chi connectivity index (χ4n) is 2.51. The molecule has 1 aliphatic rings. The van der Waals surface area contributed by atoms with Gasteiger partial charge in [-0.25, -0.2) is 0 Å². The van der Waals surface area contributed by atoms with Crippen molar-refractivity contribution in [2.75, 3.05) is 6.61 Å². The molecule has 0 fully saturated rings. The second-order valence-corrected chi connectivity index (χ2v) is 5.58. The Morgan fingerprint density at radius 3 is 2.64 bits per heavy atom. The molecule has 0 saturated heterocycles. The molecule has 1 N–H and O–H groups in total. The van der Waals surface area contributed by atoms with Gasteiger partial charge < -0.3 is 5.11 Å². The van der Waals surface area contributed by atoms with Gasteiger partial charge in [-0.2, -0.15) is 0 Å². The van der Waals surface area contributed by atoms with Crippen molar-refractivity contribution in [1.29, 1.82) is 0 Å². The van der Waals surface area contributed by atoms with Crippen molar-refractivity contribution in [3.05, 3.63) is 11.6 Å². The van der Waals surface area contributed by atoms with E-state index in [1.807, 2.05) is 0 Å². The minimum atomic E-state index is 0.333. The zero-order chi connectivity index (χ0) is 10.8. The molecule has 0 aliphatic heterocycles. The maximum Gasteiger partial charge on any atom is 0.0456 e. The lowest BCUT2D eigenvalue weighted by Gasteiger charge is -2.27. The third-order valence-corrected chi connectivity index (χ3v) is 3.56. The molecule has 1 nitrogen and oxygen atoms in total. The third-order valence-electron chi connectivity index (χ3n) is 3.56. The Balaban J connectivity index is 2.41. The van der Waals surface area contributed by atoms with Crippen molar-refractivity contribution in [3.8, 4) is 0 Å². The summed E-state index contributed by atoms with van der Waals surface area (Å²) >= 11 is 0. The highest BCUT2D eigenvalue weighted by molar-refractivity contribution is 5.15. The molecule has 1 heteroatoms. The van der Waals surface area contributed by atoms with E-state index >= 15 is 0 Å². The second-order valence-electron chi connectivity index (χ2n) is 5.58. The number of allylic oxidation sites excluding steroid dienone is 2. The summed E-state index contributed by atoms with van der Waals surface area (Å²) in [6.45, 7) is 9.36. The van der Waals surface area contributed by atoms with Gasteiger partial charge in [-0.15, -0.1) is 0 Å². The SMILES string of the molecule is CC1=CC(C)(C)[C@@H](CCC(C)CO)C1. The van der Waals surface area contributed by atoms with Crippen LogP contribution in [0.2, 0.25) is 0 Å². The first-order valence-corrected chi connectivity index (χ1v) is 5.75. The fraction of sp³-hybridized carbons (Fsp3) is 0.846. The molecule has 0 heterocycles. The Hall–Kier alpha value is -0.300. The van der Waals surface area contributed by atoms with Crippen LogP contribution >= 0.6 is 0 Å². The van der Waals surface area contributed by atoms with E-state index in [2.05, 4.69) is 33.8 Å². The average molecular weight is 196 g/mol. The zero-order valence-corrected chi connectivity index (χ0v) is 10.0. The molecule has 0 aromatic rings. The van der Waals surface area contributed by atoms with Gasteiger partial charge in [0.15, 0.2) is 0 Å². The third kappa shape index (κ3) is 2.84. The first-order valence-electron chi connectivity index (χ1n) is 5.75. The van der Waals surface area contributed by atoms with E-state index in [-0.39, 0.29) is 0 Å². The van der Waals surface area contributed by atoms with E-state index in [1.54, 1.807) is 0 Å². The molecular formula is C13H24O. The summed E-state index contributed by atoms with van der Waals surface area (Å²) in [6.07, 6.45) is 6.08. The van der Waals surface area contributed by atoms with Crippen LogP contribution in [0.5, 0.6) is 0 Å². The summed E-state index contributed by atoms with van der Waals surface area (Å²) in [4.78, 5) is 0. The van der Waals surface area contributed by atoms with Crippen LogP contribution in [0.25, 0.3) is 0 Å². The summed E-state index contributed by atoms with van der Waals surface area (Å²) < 4.78 is 0. The van der Waals surface area contributed by atoms with E-state index in [0.29, 0.717) is 17.9 Å². The van der Waals surface area contributed by atoms with E-state index in [1.165, 1.54) is 18.4 Å². The Bertz CT molecular complexity index is 215. The van der Waals surface area contributed by atoms with E-state index in [4.69, 9.17) is 5.11 Å². The topological polar surface area (TPSA) is 20.2 Å². The molecule has 0 saturated carbocycles. The van der Waals surface area contributed by atoms with Gasteiger partial charge in [0.1, 0.15) is 0 Å². The molecule has 82 valence electrons. The number of rotatable bonds is 4. The predicted octanol–water partition coefficient (Wildman–Crippen LogP) is 3.39. The monoisotopic (exact) mass is 196 g/mol. The van der Waals surface area contributed by atoms with Gasteiger partial charge in [-0.05, 0) is 43.4 Å². The van der Waals surface area contributed by atoms with Crippen LogP contribution in [0.1, 0.15) is 47.0 Å². The van der Waals surface area contributed by atoms with Crippen LogP contribution in [0.3, 0.4) is 0 Å². The van der Waals surface area contributed by atoms with Crippen molar-refractivity contribution in [3.63, 3.8) is 0 Å². The second kappa shape index (κ2) is 4.48. The normalized spacial score (nSPS) is 27.5. The molecule has 0 aromatic carbocycles. The number of aliphatic hydroxyl groups excluding tert-OH is 1. The van der Waals surface area contributed by atoms with Crippen molar-refractivity contribution >= 4 is 0 Å². The molecule has 0 radical (unpaired) electrons. The van der Waals surface area contributed by atoms with Gasteiger partial charge in [-0.3, -0.25) is 0 Å². The maximum absolute atomic E-state index is 8.98. The highest BCUT2D eigenvalue weighted by Gasteiger charge is 2.32. The van der Waals surface area contributed by atoms with Gasteiger partial charge in [0.25, 0.3) is 0 Å². The summed E-state index contributed by atoms with van der Waals surface area (Å²) in [5.74, 6) is 1.25. The number of aliphatic hydroxyl groups is 1. The summed E-state index contributed by atoms with van der Waals surface area (Å²) in [5, 5.41) is 8.98. The number of hydrogen-bond acceptors (Lipinski definition) is 1. The molecule has 0 spiro atoms. The van der Waals surface area contributed by atoms with Crippen LogP contribution in [0, 0.1) is 17.3 Å². The predicted molar refractivity (Wildman–Crippen MR) is 61.1 cm³/mol. The van der Waals surface area contributed by atoms with Gasteiger partial charge >= 0.3 is 0 Å². The van der Waals surface area contributed by atoms with Crippen LogP contribution in [0.15, 0.2) is 11.6 Å². The fourth-order valence-corrected chi connectivity index (χ4v) is 2.51. The Kier molecular flexibility index (Phi) is 3.77. The van der Waals surface area contributed by atoms with Crippen LogP contribution in [-0.4, -0.2) is 11.7 Å². The van der Waals surface area contributed by atoms with Gasteiger partial charge in [-0.1, -0.05) is 32.4 Å². The zero-order valence-electron chi connectivity index (χ0n) is 10.0. The maximum atomic E-state index is 8.98. The van der Waals surface area contributed by atoms with Crippen molar-refractivity contribution in [2.24, 2.45) is 17.3 Å². The Morgan fingerprint density at radius 2 is 2.21 bits per heavy atom. The van der Waals surface area contributed by atoms with Crippen molar-refractivity contribution in [2.45, 2.75) is 47.0 Å². The molecule has 0 aromatic heterocycles. The molecule has 1 rings (SSSR count). The first kappa shape index (κ1) is 11.8. The molecule has 2 atom stereocenters. The molecule has 0 amide bonds. The first-order chi connectivity index (χ1) is 6.45. The highest BCUT2D eigenvalue weighted by Crippen LogP contribution is 2.43. The van der Waals surface area contributed by atoms with Crippen LogP contribution in [-0.2, 0) is 0 Å². The highest BCUT2D eigenvalue weighted by atomic mass is 16.3. The van der Waals surface area contributed by atoms with Gasteiger partial charge in [0.05, 0.1) is 0 Å². The van der Waals surface area contributed by atoms with Gasteiger partial charge in [0.2, 0.25) is 0 Å². The van der Waals surface area contributed by atoms with E-state index in [0.717, 1.165) is 12.3 Å². The quantitative estimate of drug-likeness (QED) is 0.683. The Labute approximate surface area is 88.2 Å². The molecule has 14 heavy (non-hydrogen) atoms. The minimum Gasteiger partial charge on any atom is -0.396 e. The largest absolute Gasteiger partial charge is 0.396 e. The summed E-state index contributed by atoms with van der Waals surface area (Å²) in [6, 6.07) is 0. The van der Waals surface area contributed by atoms with Crippen molar-refractivity contribution < 1.29 is 5.11 Å². The molecule has 1 unspecified atom stereocenters. The lowest BCUT2D eigenvalue weighted by molar-refractivity contribution is 0.205. The molecular weight excluding hydrogens is 172 g/mol. The minimum absolute atomic E-state index is 0.333. The lowest BCUT2D eigenvalue weighted by Crippen LogP contribution is -2.18. The lowest BCUT2D eigenvalue weighted by atomic mass is 9.78. The average Bonchev–Trinajstić information content (AvgIpc) is 2.35. The molecule has 1 aliphatic carbocycles. The standard InChI is InChI=1S/C13H24O/c1-10(9-14)5-6-12-7-11(2)8-13(12,3)4/h8,10,12,14H,5-7,9H2,1-4H3/t10?,12-/m0/s1.